The van der Waals surface area contributed by atoms with Crippen molar-refractivity contribution in [2.45, 2.75) is 0 Å². The molecule has 0 amide bonds. The minimum atomic E-state index is -0.596. The van der Waals surface area contributed by atoms with Gasteiger partial charge in [0.05, 0.1) is 17.3 Å². The maximum Gasteiger partial charge on any atom is 0.358 e. The maximum absolute atomic E-state index is 12.6. The van der Waals surface area contributed by atoms with Gasteiger partial charge in [-0.3, -0.25) is 0 Å². The Bertz CT molecular complexity index is 1810. The third-order valence-electron chi connectivity index (χ3n) is 7.32. The van der Waals surface area contributed by atoms with E-state index in [2.05, 4.69) is 48.0 Å². The summed E-state index contributed by atoms with van der Waals surface area (Å²) in [5.74, 6) is 1.76. The fourth-order valence-electron chi connectivity index (χ4n) is 5.44. The van der Waals surface area contributed by atoms with E-state index in [1.165, 1.54) is 6.08 Å². The van der Waals surface area contributed by atoms with Crippen LogP contribution in [0.5, 0.6) is 0 Å². The van der Waals surface area contributed by atoms with Gasteiger partial charge in [-0.1, -0.05) is 51.4 Å². The van der Waals surface area contributed by atoms with Crippen LogP contribution in [0, 0.1) is 0 Å². The highest BCUT2D eigenvalue weighted by Gasteiger charge is 2.34. The van der Waals surface area contributed by atoms with Crippen molar-refractivity contribution in [2.75, 3.05) is 36.0 Å². The largest absolute Gasteiger partial charge is 0.465 e. The van der Waals surface area contributed by atoms with Gasteiger partial charge in [0.1, 0.15) is 23.1 Å². The van der Waals surface area contributed by atoms with Crippen molar-refractivity contribution in [3.05, 3.63) is 113 Å². The number of fused-ring (bicyclic) bond motifs is 5. The number of benzene rings is 2. The molecule has 3 aromatic heterocycles. The standard InChI is InChI=1S/C32H24BrN5O3/c33-21-10-12-26-25(20-21)29-23-7-1-2-8-24(23)31(36-41-28(39)13-11-22-6-5-19-40-22)30(29)32(35-26)38-17-15-37(16-18-38)27-9-3-4-14-34-27/h1-14,19-20H,15-18H2/b13-11+,36-31+. The number of rotatable bonds is 5. The van der Waals surface area contributed by atoms with Crippen molar-refractivity contribution < 1.29 is 14.0 Å². The third-order valence-corrected chi connectivity index (χ3v) is 7.82. The highest BCUT2D eigenvalue weighted by Crippen LogP contribution is 2.45. The summed E-state index contributed by atoms with van der Waals surface area (Å²) in [7, 11) is 0. The number of piperazine rings is 1. The van der Waals surface area contributed by atoms with Crippen LogP contribution in [0.25, 0.3) is 28.1 Å². The smallest absolute Gasteiger partial charge is 0.358 e. The molecular weight excluding hydrogens is 582 g/mol. The molecule has 1 aliphatic carbocycles. The number of carbonyl (C=O) groups excluding carboxylic acids is 1. The number of carbonyl (C=O) groups is 1. The molecule has 0 bridgehead atoms. The van der Waals surface area contributed by atoms with Crippen molar-refractivity contribution in [3.8, 4) is 11.1 Å². The van der Waals surface area contributed by atoms with Crippen molar-refractivity contribution in [2.24, 2.45) is 5.16 Å². The van der Waals surface area contributed by atoms with Crippen LogP contribution in [0.2, 0.25) is 0 Å². The second-order valence-electron chi connectivity index (χ2n) is 9.75. The summed E-state index contributed by atoms with van der Waals surface area (Å²) >= 11 is 3.64. The molecular formula is C32H24BrN5O3. The molecule has 0 atom stereocenters. The number of oxime groups is 1. The van der Waals surface area contributed by atoms with Gasteiger partial charge in [-0.2, -0.15) is 0 Å². The quantitative estimate of drug-likeness (QED) is 0.129. The minimum Gasteiger partial charge on any atom is -0.465 e. The fraction of sp³-hybridized carbons (Fsp3) is 0.125. The number of hydrogen-bond acceptors (Lipinski definition) is 8. The van der Waals surface area contributed by atoms with E-state index in [0.717, 1.165) is 75.4 Å². The first-order valence-electron chi connectivity index (χ1n) is 13.3. The normalized spacial score (nSPS) is 15.5. The van der Waals surface area contributed by atoms with Gasteiger partial charge in [-0.25, -0.2) is 14.8 Å². The third kappa shape index (κ3) is 4.78. The molecule has 7 rings (SSSR count). The lowest BCUT2D eigenvalue weighted by molar-refractivity contribution is -0.137. The number of aromatic nitrogens is 2. The molecule has 8 nitrogen and oxygen atoms in total. The molecule has 2 aromatic carbocycles. The molecule has 0 spiro atoms. The Hall–Kier alpha value is -4.76. The van der Waals surface area contributed by atoms with E-state index in [9.17, 15) is 4.79 Å². The summed E-state index contributed by atoms with van der Waals surface area (Å²) in [6.45, 7) is 3.12. The van der Waals surface area contributed by atoms with Crippen molar-refractivity contribution in [1.82, 2.24) is 9.97 Å². The van der Waals surface area contributed by atoms with Crippen LogP contribution < -0.4 is 9.80 Å². The topological polar surface area (TPSA) is 84.1 Å². The second kappa shape index (κ2) is 10.7. The number of pyridine rings is 2. The molecule has 1 aliphatic heterocycles. The molecule has 4 heterocycles. The van der Waals surface area contributed by atoms with E-state index in [-0.39, 0.29) is 0 Å². The summed E-state index contributed by atoms with van der Waals surface area (Å²) in [5.41, 5.74) is 5.31. The lowest BCUT2D eigenvalue weighted by Crippen LogP contribution is -2.47. The first-order chi connectivity index (χ1) is 20.2. The van der Waals surface area contributed by atoms with Crippen LogP contribution in [0.15, 0.2) is 105 Å². The van der Waals surface area contributed by atoms with Gasteiger partial charge in [0, 0.05) is 59.4 Å². The Labute approximate surface area is 244 Å². The van der Waals surface area contributed by atoms with E-state index >= 15 is 0 Å². The lowest BCUT2D eigenvalue weighted by atomic mass is 10.0. The molecule has 0 N–H and O–H groups in total. The molecule has 0 unspecified atom stereocenters. The van der Waals surface area contributed by atoms with Crippen molar-refractivity contribution in [3.63, 3.8) is 0 Å². The van der Waals surface area contributed by atoms with Gasteiger partial charge in [-0.05, 0) is 54.1 Å². The Morgan fingerprint density at radius 2 is 1.73 bits per heavy atom. The van der Waals surface area contributed by atoms with Crippen LogP contribution in [0.3, 0.4) is 0 Å². The summed E-state index contributed by atoms with van der Waals surface area (Å²) < 4.78 is 6.23. The molecule has 202 valence electrons. The molecule has 41 heavy (non-hydrogen) atoms. The van der Waals surface area contributed by atoms with E-state index in [4.69, 9.17) is 14.2 Å². The zero-order valence-electron chi connectivity index (χ0n) is 21.9. The number of furan rings is 1. The predicted molar refractivity (Wildman–Crippen MR) is 163 cm³/mol. The fourth-order valence-corrected chi connectivity index (χ4v) is 5.80. The Morgan fingerprint density at radius 1 is 0.927 bits per heavy atom. The summed E-state index contributed by atoms with van der Waals surface area (Å²) in [6, 6.07) is 23.7. The number of halogens is 1. The van der Waals surface area contributed by atoms with E-state index in [0.29, 0.717) is 11.5 Å². The SMILES string of the molecule is O=C(/C=C/c1ccco1)O/N=C1\c2ccccc2-c2c1c(N1CCN(c3ccccn3)CC1)nc1ccc(Br)cc21. The average molecular weight is 606 g/mol. The predicted octanol–water partition coefficient (Wildman–Crippen LogP) is 6.30. The van der Waals surface area contributed by atoms with Crippen LogP contribution >= 0.6 is 15.9 Å². The highest BCUT2D eigenvalue weighted by molar-refractivity contribution is 9.10. The van der Waals surface area contributed by atoms with Gasteiger partial charge in [0.2, 0.25) is 0 Å². The van der Waals surface area contributed by atoms with E-state index in [1.807, 2.05) is 54.7 Å². The number of nitrogens with zero attached hydrogens (tertiary/aromatic N) is 5. The molecule has 5 aromatic rings. The minimum absolute atomic E-state index is 0.555. The zero-order valence-corrected chi connectivity index (χ0v) is 23.5. The van der Waals surface area contributed by atoms with Crippen LogP contribution in [0.1, 0.15) is 16.9 Å². The van der Waals surface area contributed by atoms with Crippen LogP contribution in [-0.2, 0) is 9.63 Å². The van der Waals surface area contributed by atoms with E-state index < -0.39 is 5.97 Å². The first kappa shape index (κ1) is 25.2. The summed E-state index contributed by atoms with van der Waals surface area (Å²) in [4.78, 5) is 32.3. The van der Waals surface area contributed by atoms with Gasteiger partial charge >= 0.3 is 5.97 Å². The Morgan fingerprint density at radius 3 is 2.51 bits per heavy atom. The lowest BCUT2D eigenvalue weighted by Gasteiger charge is -2.37. The maximum atomic E-state index is 12.6. The molecule has 1 fully saturated rings. The molecule has 0 saturated carbocycles. The van der Waals surface area contributed by atoms with E-state index in [1.54, 1.807) is 24.5 Å². The monoisotopic (exact) mass is 605 g/mol. The van der Waals surface area contributed by atoms with Crippen LogP contribution in [-0.4, -0.2) is 47.8 Å². The second-order valence-corrected chi connectivity index (χ2v) is 10.7. The van der Waals surface area contributed by atoms with Gasteiger partial charge in [-0.15, -0.1) is 0 Å². The molecule has 9 heteroatoms. The Kier molecular flexibility index (Phi) is 6.56. The molecule has 2 aliphatic rings. The Balaban J connectivity index is 1.30. The summed E-state index contributed by atoms with van der Waals surface area (Å²) in [5, 5.41) is 5.45. The number of hydrogen-bond donors (Lipinski definition) is 0. The van der Waals surface area contributed by atoms with Gasteiger partial charge in [0.25, 0.3) is 0 Å². The van der Waals surface area contributed by atoms with Gasteiger partial charge in [0.15, 0.2) is 0 Å². The number of anilines is 2. The average Bonchev–Trinajstić information content (AvgIpc) is 3.66. The van der Waals surface area contributed by atoms with Crippen molar-refractivity contribution >= 4 is 56.2 Å². The first-order valence-corrected chi connectivity index (χ1v) is 14.1. The highest BCUT2D eigenvalue weighted by atomic mass is 79.9. The summed E-state index contributed by atoms with van der Waals surface area (Å²) in [6.07, 6.45) is 6.23. The molecule has 1 saturated heterocycles. The van der Waals surface area contributed by atoms with Gasteiger partial charge < -0.3 is 19.1 Å². The molecule has 0 radical (unpaired) electrons. The van der Waals surface area contributed by atoms with Crippen LogP contribution in [0.4, 0.5) is 11.6 Å². The zero-order chi connectivity index (χ0) is 27.8. The van der Waals surface area contributed by atoms with Crippen molar-refractivity contribution in [1.29, 1.82) is 0 Å².